The van der Waals surface area contributed by atoms with E-state index in [9.17, 15) is 4.79 Å². The van der Waals surface area contributed by atoms with Crippen LogP contribution < -0.4 is 4.74 Å². The highest BCUT2D eigenvalue weighted by Gasteiger charge is 2.04. The molecule has 0 radical (unpaired) electrons. The van der Waals surface area contributed by atoms with Gasteiger partial charge in [-0.3, -0.25) is 0 Å². The molecule has 0 aliphatic rings. The standard InChI is InChI=1S/C18H13Cl2NO3/c19-15-5-4-14(17(20)11-15)12-24-18(22)8-3-13-1-6-16(7-2-13)23-10-9-21/h1-8,11H,10,12H2/b8-3+. The minimum Gasteiger partial charge on any atom is -0.479 e. The Morgan fingerprint density at radius 2 is 1.92 bits per heavy atom. The van der Waals surface area contributed by atoms with Gasteiger partial charge in [0.25, 0.3) is 0 Å². The summed E-state index contributed by atoms with van der Waals surface area (Å²) in [5.41, 5.74) is 1.49. The van der Waals surface area contributed by atoms with Crippen LogP contribution in [0.3, 0.4) is 0 Å². The number of hydrogen-bond acceptors (Lipinski definition) is 4. The third-order valence-electron chi connectivity index (χ3n) is 2.98. The van der Waals surface area contributed by atoms with Crippen molar-refractivity contribution in [1.82, 2.24) is 0 Å². The van der Waals surface area contributed by atoms with Crippen LogP contribution >= 0.6 is 23.2 Å². The molecule has 4 nitrogen and oxygen atoms in total. The number of benzene rings is 2. The van der Waals surface area contributed by atoms with Crippen molar-refractivity contribution in [3.63, 3.8) is 0 Å². The molecule has 2 aromatic rings. The number of esters is 1. The van der Waals surface area contributed by atoms with Gasteiger partial charge in [-0.05, 0) is 35.9 Å². The lowest BCUT2D eigenvalue weighted by atomic mass is 10.2. The minimum atomic E-state index is -0.481. The lowest BCUT2D eigenvalue weighted by molar-refractivity contribution is -0.138. The molecule has 0 unspecified atom stereocenters. The molecule has 6 heteroatoms. The molecule has 0 aliphatic heterocycles. The summed E-state index contributed by atoms with van der Waals surface area (Å²) in [5, 5.41) is 9.41. The van der Waals surface area contributed by atoms with Gasteiger partial charge in [0.05, 0.1) is 0 Å². The fourth-order valence-corrected chi connectivity index (χ4v) is 2.25. The fourth-order valence-electron chi connectivity index (χ4n) is 1.79. The Kier molecular flexibility index (Phi) is 6.68. The molecule has 0 saturated heterocycles. The third-order valence-corrected chi connectivity index (χ3v) is 3.57. The van der Waals surface area contributed by atoms with E-state index in [0.29, 0.717) is 21.4 Å². The molecule has 2 rings (SSSR count). The topological polar surface area (TPSA) is 59.3 Å². The van der Waals surface area contributed by atoms with E-state index in [-0.39, 0.29) is 13.2 Å². The molecule has 0 amide bonds. The van der Waals surface area contributed by atoms with Gasteiger partial charge in [-0.25, -0.2) is 4.79 Å². The first-order valence-corrected chi connectivity index (χ1v) is 7.72. The van der Waals surface area contributed by atoms with E-state index in [4.69, 9.17) is 37.9 Å². The van der Waals surface area contributed by atoms with Crippen LogP contribution in [0, 0.1) is 11.3 Å². The quantitative estimate of drug-likeness (QED) is 0.554. The molecule has 0 fully saturated rings. The van der Waals surface area contributed by atoms with Crippen molar-refractivity contribution in [3.8, 4) is 11.8 Å². The fraction of sp³-hybridized carbons (Fsp3) is 0.111. The van der Waals surface area contributed by atoms with Gasteiger partial charge in [0.1, 0.15) is 18.4 Å². The Morgan fingerprint density at radius 1 is 1.17 bits per heavy atom. The zero-order valence-corrected chi connectivity index (χ0v) is 14.1. The second kappa shape index (κ2) is 8.97. The van der Waals surface area contributed by atoms with E-state index in [2.05, 4.69) is 0 Å². The van der Waals surface area contributed by atoms with Gasteiger partial charge >= 0.3 is 5.97 Å². The number of ether oxygens (including phenoxy) is 2. The van der Waals surface area contributed by atoms with E-state index >= 15 is 0 Å². The number of carbonyl (C=O) groups is 1. The van der Waals surface area contributed by atoms with Gasteiger partial charge < -0.3 is 9.47 Å². The lowest BCUT2D eigenvalue weighted by Gasteiger charge is -2.05. The molecule has 0 atom stereocenters. The molecular weight excluding hydrogens is 349 g/mol. The van der Waals surface area contributed by atoms with Crippen LogP contribution in [0.25, 0.3) is 6.08 Å². The second-order valence-electron chi connectivity index (χ2n) is 4.69. The van der Waals surface area contributed by atoms with Crippen molar-refractivity contribution in [1.29, 1.82) is 5.26 Å². The predicted octanol–water partition coefficient (Wildman–Crippen LogP) is 4.65. The summed E-state index contributed by atoms with van der Waals surface area (Å²) in [6, 6.07) is 13.9. The van der Waals surface area contributed by atoms with Crippen LogP contribution in [0.15, 0.2) is 48.5 Å². The Hall–Kier alpha value is -2.48. The molecular formula is C18H13Cl2NO3. The average Bonchev–Trinajstić information content (AvgIpc) is 2.58. The number of hydrogen-bond donors (Lipinski definition) is 0. The number of nitrogens with zero attached hydrogens (tertiary/aromatic N) is 1. The minimum absolute atomic E-state index is 0.00519. The number of halogens is 2. The third kappa shape index (κ3) is 5.62. The molecule has 0 aromatic heterocycles. The monoisotopic (exact) mass is 361 g/mol. The molecule has 0 heterocycles. The zero-order chi connectivity index (χ0) is 17.4. The molecule has 0 saturated carbocycles. The maximum absolute atomic E-state index is 11.7. The normalized spacial score (nSPS) is 10.4. The predicted molar refractivity (Wildman–Crippen MR) is 92.8 cm³/mol. The summed E-state index contributed by atoms with van der Waals surface area (Å²) in [7, 11) is 0. The molecule has 2 aromatic carbocycles. The molecule has 0 bridgehead atoms. The Morgan fingerprint density at radius 3 is 2.58 bits per heavy atom. The first-order chi connectivity index (χ1) is 11.6. The number of carbonyl (C=O) groups excluding carboxylic acids is 1. The number of rotatable bonds is 6. The van der Waals surface area contributed by atoms with E-state index in [1.54, 1.807) is 48.5 Å². The summed E-state index contributed by atoms with van der Waals surface area (Å²) in [4.78, 5) is 11.7. The zero-order valence-electron chi connectivity index (χ0n) is 12.5. The van der Waals surface area contributed by atoms with Crippen LogP contribution in [-0.2, 0) is 16.1 Å². The van der Waals surface area contributed by atoms with Crippen molar-refractivity contribution in [2.75, 3.05) is 6.61 Å². The average molecular weight is 362 g/mol. The summed E-state index contributed by atoms with van der Waals surface area (Å²) < 4.78 is 10.3. The molecule has 122 valence electrons. The molecule has 0 N–H and O–H groups in total. The van der Waals surface area contributed by atoms with Crippen molar-refractivity contribution >= 4 is 35.2 Å². The first kappa shape index (κ1) is 17.9. The van der Waals surface area contributed by atoms with Crippen molar-refractivity contribution < 1.29 is 14.3 Å². The second-order valence-corrected chi connectivity index (χ2v) is 5.54. The van der Waals surface area contributed by atoms with Crippen LogP contribution in [0.2, 0.25) is 10.0 Å². The Bertz CT molecular complexity index is 780. The van der Waals surface area contributed by atoms with E-state index in [1.165, 1.54) is 6.08 Å². The van der Waals surface area contributed by atoms with Crippen molar-refractivity contribution in [2.45, 2.75) is 6.61 Å². The first-order valence-electron chi connectivity index (χ1n) is 6.97. The largest absolute Gasteiger partial charge is 0.479 e. The number of nitriles is 1. The SMILES string of the molecule is N#CCOc1ccc(/C=C/C(=O)OCc2ccc(Cl)cc2Cl)cc1. The highest BCUT2D eigenvalue weighted by molar-refractivity contribution is 6.35. The summed E-state index contributed by atoms with van der Waals surface area (Å²) in [6.07, 6.45) is 2.95. The van der Waals surface area contributed by atoms with Crippen molar-refractivity contribution in [2.24, 2.45) is 0 Å². The van der Waals surface area contributed by atoms with E-state index in [0.717, 1.165) is 5.56 Å². The van der Waals surface area contributed by atoms with Gasteiger partial charge in [-0.15, -0.1) is 0 Å². The van der Waals surface area contributed by atoms with Crippen LogP contribution in [-0.4, -0.2) is 12.6 Å². The maximum Gasteiger partial charge on any atom is 0.331 e. The van der Waals surface area contributed by atoms with Gasteiger partial charge in [0.2, 0.25) is 0 Å². The van der Waals surface area contributed by atoms with Gasteiger partial charge in [-0.2, -0.15) is 5.26 Å². The van der Waals surface area contributed by atoms with Crippen LogP contribution in [0.5, 0.6) is 5.75 Å². The van der Waals surface area contributed by atoms with Gasteiger partial charge in [0.15, 0.2) is 6.61 Å². The summed E-state index contributed by atoms with van der Waals surface area (Å²) in [6.45, 7) is 0.0644. The smallest absolute Gasteiger partial charge is 0.331 e. The van der Waals surface area contributed by atoms with Crippen LogP contribution in [0.1, 0.15) is 11.1 Å². The van der Waals surface area contributed by atoms with Crippen LogP contribution in [0.4, 0.5) is 0 Å². The maximum atomic E-state index is 11.7. The summed E-state index contributed by atoms with van der Waals surface area (Å²) >= 11 is 11.8. The van der Waals surface area contributed by atoms with Gasteiger partial charge in [0, 0.05) is 21.7 Å². The van der Waals surface area contributed by atoms with E-state index < -0.39 is 5.97 Å². The summed E-state index contributed by atoms with van der Waals surface area (Å²) in [5.74, 6) is 0.111. The molecule has 0 aliphatic carbocycles. The Balaban J connectivity index is 1.87. The van der Waals surface area contributed by atoms with Gasteiger partial charge in [-0.1, -0.05) is 41.4 Å². The Labute approximate surface area is 149 Å². The highest BCUT2D eigenvalue weighted by Crippen LogP contribution is 2.21. The van der Waals surface area contributed by atoms with Crippen molar-refractivity contribution in [3.05, 3.63) is 69.7 Å². The molecule has 0 spiro atoms. The van der Waals surface area contributed by atoms with E-state index in [1.807, 2.05) is 6.07 Å². The highest BCUT2D eigenvalue weighted by atomic mass is 35.5. The molecule has 24 heavy (non-hydrogen) atoms. The lowest BCUT2D eigenvalue weighted by Crippen LogP contribution is -2.01.